The molecule has 1 saturated heterocycles. The number of β-lactam (4-membered cyclic amide) rings is 1. The Morgan fingerprint density at radius 3 is 2.88 bits per heavy atom. The number of aliphatic hydroxyl groups is 1. The second kappa shape index (κ2) is 8.16. The Morgan fingerprint density at radius 2 is 2.36 bits per heavy atom. The van der Waals surface area contributed by atoms with Crippen molar-refractivity contribution in [3.63, 3.8) is 0 Å². The Bertz CT molecular complexity index is 747. The Morgan fingerprint density at radius 1 is 1.64 bits per heavy atom. The average Bonchev–Trinajstić information content (AvgIpc) is 3.10. The normalized spacial score (nSPS) is 25.7. The van der Waals surface area contributed by atoms with Crippen molar-refractivity contribution in [1.82, 2.24) is 15.1 Å². The van der Waals surface area contributed by atoms with Crippen LogP contribution < -0.4 is 34.7 Å². The Balaban J connectivity index is 0.00000225. The summed E-state index contributed by atoms with van der Waals surface area (Å²) in [5.41, 5.74) is 1.88. The SMILES string of the molecule is C[C@@H](O)[C@H]1C(=O)N2C(C(=O)[O-])=C(CSc3nncs3)[C@H](CC#N)[C@@H]12.[Na+]. The second-order valence-electron chi connectivity index (χ2n) is 5.59. The summed E-state index contributed by atoms with van der Waals surface area (Å²) in [4.78, 5) is 25.0. The number of rotatable bonds is 6. The fraction of sp³-hybridized carbons (Fsp3) is 0.500. The fourth-order valence-corrected chi connectivity index (χ4v) is 4.95. The molecule has 0 aromatic carbocycles. The number of hydrogen-bond donors (Lipinski definition) is 1. The van der Waals surface area contributed by atoms with Crippen molar-refractivity contribution in [2.24, 2.45) is 11.8 Å². The van der Waals surface area contributed by atoms with Crippen molar-refractivity contribution < 1.29 is 49.4 Å². The Kier molecular flexibility index (Phi) is 6.64. The smallest absolute Gasteiger partial charge is 0.543 e. The van der Waals surface area contributed by atoms with Crippen LogP contribution >= 0.6 is 23.1 Å². The van der Waals surface area contributed by atoms with E-state index in [1.54, 1.807) is 5.51 Å². The van der Waals surface area contributed by atoms with E-state index in [0.717, 1.165) is 0 Å². The predicted octanol–water partition coefficient (Wildman–Crippen LogP) is -3.61. The Hall–Kier alpha value is -0.960. The average molecular weight is 388 g/mol. The molecule has 126 valence electrons. The second-order valence-corrected chi connectivity index (χ2v) is 7.64. The van der Waals surface area contributed by atoms with Gasteiger partial charge < -0.3 is 19.9 Å². The maximum atomic E-state index is 12.3. The van der Waals surface area contributed by atoms with Crippen LogP contribution in [0.1, 0.15) is 13.3 Å². The number of amides is 1. The van der Waals surface area contributed by atoms with Crippen LogP contribution in [0.15, 0.2) is 21.1 Å². The number of nitriles is 1. The first-order valence-corrected chi connectivity index (χ1v) is 9.05. The molecule has 3 rings (SSSR count). The first-order chi connectivity index (χ1) is 11.5. The van der Waals surface area contributed by atoms with E-state index in [4.69, 9.17) is 5.26 Å². The van der Waals surface area contributed by atoms with Crippen molar-refractivity contribution in [3.8, 4) is 6.07 Å². The van der Waals surface area contributed by atoms with E-state index in [0.29, 0.717) is 9.91 Å². The first kappa shape index (κ1) is 20.4. The van der Waals surface area contributed by atoms with Crippen LogP contribution in [-0.2, 0) is 9.59 Å². The fourth-order valence-electron chi connectivity index (χ4n) is 3.36. The van der Waals surface area contributed by atoms with Crippen molar-refractivity contribution in [1.29, 1.82) is 5.26 Å². The van der Waals surface area contributed by atoms with E-state index in [1.807, 2.05) is 6.07 Å². The van der Waals surface area contributed by atoms with Gasteiger partial charge in [0.05, 0.1) is 35.8 Å². The zero-order chi connectivity index (χ0) is 17.4. The number of carbonyl (C=O) groups excluding carboxylic acids is 2. The van der Waals surface area contributed by atoms with E-state index in [2.05, 4.69) is 10.2 Å². The summed E-state index contributed by atoms with van der Waals surface area (Å²) in [6.45, 7) is 1.50. The number of carboxylic acids is 1. The molecule has 1 fully saturated rings. The third kappa shape index (κ3) is 3.49. The quantitative estimate of drug-likeness (QED) is 0.300. The molecule has 1 N–H and O–H groups in total. The summed E-state index contributed by atoms with van der Waals surface area (Å²) < 4.78 is 0.670. The molecule has 0 bridgehead atoms. The molecule has 0 unspecified atom stereocenters. The zero-order valence-corrected chi connectivity index (χ0v) is 17.2. The summed E-state index contributed by atoms with van der Waals surface area (Å²) in [6.07, 6.45) is -0.835. The molecule has 3 heterocycles. The molecule has 0 radical (unpaired) electrons. The van der Waals surface area contributed by atoms with Crippen molar-refractivity contribution in [2.75, 3.05) is 5.75 Å². The first-order valence-electron chi connectivity index (χ1n) is 7.18. The van der Waals surface area contributed by atoms with Gasteiger partial charge in [-0.2, -0.15) is 5.26 Å². The van der Waals surface area contributed by atoms with Gasteiger partial charge in [0.15, 0.2) is 4.34 Å². The van der Waals surface area contributed by atoms with E-state index in [-0.39, 0.29) is 47.4 Å². The monoisotopic (exact) mass is 388 g/mol. The van der Waals surface area contributed by atoms with Gasteiger partial charge in [-0.25, -0.2) is 0 Å². The number of nitrogens with zero attached hydrogens (tertiary/aromatic N) is 4. The van der Waals surface area contributed by atoms with Crippen LogP contribution in [-0.4, -0.2) is 50.0 Å². The number of hydrogen-bond acceptors (Lipinski definition) is 9. The predicted molar refractivity (Wildman–Crippen MR) is 82.2 cm³/mol. The molecular weight excluding hydrogens is 375 g/mol. The summed E-state index contributed by atoms with van der Waals surface area (Å²) in [5.74, 6) is -2.72. The number of aliphatic carboxylic acids is 1. The number of thioether (sulfide) groups is 1. The van der Waals surface area contributed by atoms with Gasteiger partial charge in [0.25, 0.3) is 0 Å². The van der Waals surface area contributed by atoms with Crippen LogP contribution in [0.25, 0.3) is 0 Å². The van der Waals surface area contributed by atoms with Gasteiger partial charge in [0.2, 0.25) is 5.91 Å². The molecule has 0 spiro atoms. The molecule has 8 nitrogen and oxygen atoms in total. The van der Waals surface area contributed by atoms with Crippen LogP contribution in [0.2, 0.25) is 0 Å². The topological polar surface area (TPSA) is 130 Å². The van der Waals surface area contributed by atoms with Crippen LogP contribution in [0.5, 0.6) is 0 Å². The molecule has 1 amide bonds. The van der Waals surface area contributed by atoms with Crippen molar-refractivity contribution in [2.45, 2.75) is 29.8 Å². The minimum Gasteiger partial charge on any atom is -0.543 e. The molecule has 11 heteroatoms. The van der Waals surface area contributed by atoms with Gasteiger partial charge in [-0.1, -0.05) is 23.1 Å². The van der Waals surface area contributed by atoms with Crippen LogP contribution in [0.4, 0.5) is 0 Å². The maximum Gasteiger partial charge on any atom is 1.00 e. The molecule has 2 aliphatic heterocycles. The molecule has 25 heavy (non-hydrogen) atoms. The molecule has 4 atom stereocenters. The zero-order valence-electron chi connectivity index (χ0n) is 13.6. The molecule has 0 saturated carbocycles. The molecule has 1 aromatic heterocycles. The third-order valence-corrected chi connectivity index (χ3v) is 6.22. The van der Waals surface area contributed by atoms with E-state index < -0.39 is 35.9 Å². The molecular formula is C14H13N4NaO4S2. The van der Waals surface area contributed by atoms with E-state index in [9.17, 15) is 19.8 Å². The minimum absolute atomic E-state index is 0. The van der Waals surface area contributed by atoms with Gasteiger partial charge in [0, 0.05) is 18.1 Å². The van der Waals surface area contributed by atoms with Gasteiger partial charge in [-0.05, 0) is 12.5 Å². The van der Waals surface area contributed by atoms with Gasteiger partial charge in [-0.3, -0.25) is 4.79 Å². The summed E-state index contributed by atoms with van der Waals surface area (Å²) >= 11 is 2.63. The molecule has 1 aromatic rings. The number of aliphatic hydroxyl groups excluding tert-OH is 1. The molecule has 2 aliphatic rings. The largest absolute Gasteiger partial charge is 1.00 e. The minimum atomic E-state index is -1.44. The van der Waals surface area contributed by atoms with Gasteiger partial charge >= 0.3 is 29.6 Å². The van der Waals surface area contributed by atoms with Crippen LogP contribution in [0, 0.1) is 23.2 Å². The summed E-state index contributed by atoms with van der Waals surface area (Å²) in [7, 11) is 0. The standard InChI is InChI=1S/C14H14N4O4S2.Na/c1-6(19)9-10-7(2-3-15)8(4-23-14-17-16-5-24-14)11(13(21)22)18(10)12(9)20;/h5-7,9-10,19H,2,4H2,1H3,(H,21,22);/q;+1/p-1/t6-,7+,9-,10+;/m1./s1. The maximum absolute atomic E-state index is 12.3. The van der Waals surface area contributed by atoms with Crippen molar-refractivity contribution >= 4 is 35.0 Å². The van der Waals surface area contributed by atoms with Crippen molar-refractivity contribution in [3.05, 3.63) is 16.8 Å². The Labute approximate surface area is 174 Å². The van der Waals surface area contributed by atoms with Gasteiger partial charge in [0.1, 0.15) is 5.51 Å². The van der Waals surface area contributed by atoms with Gasteiger partial charge in [-0.15, -0.1) is 10.2 Å². The molecule has 0 aliphatic carbocycles. The third-order valence-electron chi connectivity index (χ3n) is 4.31. The number of carboxylic acid groups (broad SMARTS) is 1. The number of aromatic nitrogens is 2. The number of fused-ring (bicyclic) bond motifs is 1. The van der Waals surface area contributed by atoms with E-state index >= 15 is 0 Å². The summed E-state index contributed by atoms with van der Waals surface area (Å²) in [5, 5.41) is 38.1. The number of carbonyl (C=O) groups is 2. The summed E-state index contributed by atoms with van der Waals surface area (Å²) in [6, 6.07) is 1.55. The van der Waals surface area contributed by atoms with Crippen LogP contribution in [0.3, 0.4) is 0 Å². The van der Waals surface area contributed by atoms with E-state index in [1.165, 1.54) is 34.9 Å².